The largest absolute Gasteiger partial charge is 0.469 e. The minimum atomic E-state index is -5.60. The van der Waals surface area contributed by atoms with Crippen molar-refractivity contribution in [2.45, 2.75) is 18.5 Å². The monoisotopic (exact) mass is 293 g/mol. The summed E-state index contributed by atoms with van der Waals surface area (Å²) in [5.74, 6) is -0.776. The highest BCUT2D eigenvalue weighted by Crippen LogP contribution is 2.39. The van der Waals surface area contributed by atoms with Gasteiger partial charge in [-0.2, -0.15) is 26.3 Å². The van der Waals surface area contributed by atoms with Crippen molar-refractivity contribution >= 4 is 17.3 Å². The molecule has 0 saturated carbocycles. The molecule has 0 amide bonds. The Labute approximate surface area is 102 Å². The van der Waals surface area contributed by atoms with Gasteiger partial charge in [-0.15, -0.1) is 0 Å². The molecule has 1 rings (SSSR count). The third kappa shape index (κ3) is 3.34. The van der Waals surface area contributed by atoms with Crippen LogP contribution < -0.4 is 10.5 Å². The van der Waals surface area contributed by atoms with E-state index >= 15 is 0 Å². The number of hydrogen-bond acceptors (Lipinski definition) is 2. The number of ether oxygens (including phenoxy) is 1. The molecule has 0 unspecified atom stereocenters. The van der Waals surface area contributed by atoms with Crippen molar-refractivity contribution in [2.24, 2.45) is 0 Å². The van der Waals surface area contributed by atoms with Crippen LogP contribution in [0.2, 0.25) is 5.02 Å². The van der Waals surface area contributed by atoms with Gasteiger partial charge < -0.3 is 10.5 Å². The van der Waals surface area contributed by atoms with Crippen molar-refractivity contribution in [1.82, 2.24) is 0 Å². The maximum absolute atomic E-state index is 12.2. The van der Waals surface area contributed by atoms with E-state index < -0.39 is 29.9 Å². The Hall–Kier alpha value is -1.31. The summed E-state index contributed by atoms with van der Waals surface area (Å²) in [6.07, 6.45) is -15.2. The highest BCUT2D eigenvalue weighted by molar-refractivity contribution is 6.33. The summed E-state index contributed by atoms with van der Waals surface area (Å²) in [7, 11) is 0. The molecular weight excluding hydrogens is 288 g/mol. The number of alkyl halides is 6. The molecule has 102 valence electrons. The summed E-state index contributed by atoms with van der Waals surface area (Å²) in [5.41, 5.74) is 4.74. The van der Waals surface area contributed by atoms with Crippen LogP contribution >= 0.6 is 11.6 Å². The fraction of sp³-hybridized carbons (Fsp3) is 0.333. The molecule has 1 aromatic carbocycles. The van der Waals surface area contributed by atoms with E-state index in [0.29, 0.717) is 0 Å². The maximum Gasteiger partial charge on any atom is 0.434 e. The summed E-state index contributed by atoms with van der Waals surface area (Å²) in [6, 6.07) is 3.20. The smallest absolute Gasteiger partial charge is 0.434 e. The third-order valence-corrected chi connectivity index (χ3v) is 2.18. The van der Waals surface area contributed by atoms with Crippen LogP contribution in [0, 0.1) is 0 Å². The van der Waals surface area contributed by atoms with Gasteiger partial charge in [0, 0.05) is 0 Å². The molecule has 2 nitrogen and oxygen atoms in total. The lowest BCUT2D eigenvalue weighted by Crippen LogP contribution is -2.46. The van der Waals surface area contributed by atoms with Gasteiger partial charge in [-0.25, -0.2) is 0 Å². The van der Waals surface area contributed by atoms with E-state index in [9.17, 15) is 26.3 Å². The van der Waals surface area contributed by atoms with Crippen molar-refractivity contribution < 1.29 is 31.1 Å². The minimum Gasteiger partial charge on any atom is -0.469 e. The Morgan fingerprint density at radius 3 is 2.00 bits per heavy atom. The zero-order valence-electron chi connectivity index (χ0n) is 8.44. The standard InChI is InChI=1S/C9H6ClF6NO/c10-4-2-1-3-5(6(4)17)18-7(8(11,12)13)9(14,15)16/h1-3,7H,17H2. The minimum absolute atomic E-state index is 0.199. The Morgan fingerprint density at radius 2 is 1.56 bits per heavy atom. The number of anilines is 1. The van der Waals surface area contributed by atoms with Crippen LogP contribution in [0.5, 0.6) is 5.75 Å². The second-order valence-corrected chi connectivity index (χ2v) is 3.64. The Kier molecular flexibility index (Phi) is 3.89. The zero-order chi connectivity index (χ0) is 14.1. The molecule has 0 heterocycles. The van der Waals surface area contributed by atoms with Crippen molar-refractivity contribution in [3.63, 3.8) is 0 Å². The van der Waals surface area contributed by atoms with E-state index in [2.05, 4.69) is 4.74 Å². The SMILES string of the molecule is Nc1c(Cl)cccc1OC(C(F)(F)F)C(F)(F)F. The molecule has 0 saturated heterocycles. The predicted molar refractivity (Wildman–Crippen MR) is 52.4 cm³/mol. The highest BCUT2D eigenvalue weighted by atomic mass is 35.5. The first-order valence-corrected chi connectivity index (χ1v) is 4.75. The second-order valence-electron chi connectivity index (χ2n) is 3.23. The first kappa shape index (κ1) is 14.7. The van der Waals surface area contributed by atoms with Gasteiger partial charge in [0.05, 0.1) is 10.7 Å². The number of hydrogen-bond donors (Lipinski definition) is 1. The van der Waals surface area contributed by atoms with Gasteiger partial charge in [-0.3, -0.25) is 0 Å². The van der Waals surface area contributed by atoms with Crippen molar-refractivity contribution in [3.8, 4) is 5.75 Å². The molecule has 0 aliphatic rings. The van der Waals surface area contributed by atoms with E-state index in [4.69, 9.17) is 17.3 Å². The number of nitrogens with two attached hydrogens (primary N) is 1. The molecule has 0 aliphatic heterocycles. The molecule has 18 heavy (non-hydrogen) atoms. The lowest BCUT2D eigenvalue weighted by molar-refractivity contribution is -0.299. The topological polar surface area (TPSA) is 35.2 Å². The van der Waals surface area contributed by atoms with Gasteiger partial charge in [-0.1, -0.05) is 17.7 Å². The van der Waals surface area contributed by atoms with E-state index in [-0.39, 0.29) is 5.02 Å². The first-order chi connectivity index (χ1) is 8.03. The summed E-state index contributed by atoms with van der Waals surface area (Å²) >= 11 is 5.46. The van der Waals surface area contributed by atoms with Crippen LogP contribution in [0.1, 0.15) is 0 Å². The van der Waals surface area contributed by atoms with E-state index in [1.165, 1.54) is 6.07 Å². The van der Waals surface area contributed by atoms with Crippen LogP contribution in [-0.4, -0.2) is 18.5 Å². The van der Waals surface area contributed by atoms with Crippen LogP contribution in [0.25, 0.3) is 0 Å². The molecule has 9 heteroatoms. The lowest BCUT2D eigenvalue weighted by Gasteiger charge is -2.24. The summed E-state index contributed by atoms with van der Waals surface area (Å²) in [4.78, 5) is 0. The van der Waals surface area contributed by atoms with Gasteiger partial charge in [-0.05, 0) is 12.1 Å². The fourth-order valence-electron chi connectivity index (χ4n) is 1.07. The molecule has 0 aliphatic carbocycles. The number of para-hydroxylation sites is 1. The van der Waals surface area contributed by atoms with Gasteiger partial charge >= 0.3 is 12.4 Å². The first-order valence-electron chi connectivity index (χ1n) is 4.37. The predicted octanol–water partition coefficient (Wildman–Crippen LogP) is 3.79. The second kappa shape index (κ2) is 4.75. The molecule has 0 bridgehead atoms. The Morgan fingerprint density at radius 1 is 1.06 bits per heavy atom. The molecule has 0 aromatic heterocycles. The molecule has 1 aromatic rings. The molecule has 0 fully saturated rings. The Balaban J connectivity index is 3.09. The summed E-state index contributed by atoms with van der Waals surface area (Å²) in [6.45, 7) is 0. The number of nitrogen functional groups attached to an aromatic ring is 1. The van der Waals surface area contributed by atoms with Crippen LogP contribution in [-0.2, 0) is 0 Å². The quantitative estimate of drug-likeness (QED) is 0.665. The summed E-state index contributed by atoms with van der Waals surface area (Å²) < 4.78 is 77.2. The van der Waals surface area contributed by atoms with Crippen LogP contribution in [0.15, 0.2) is 18.2 Å². The number of rotatable bonds is 2. The van der Waals surface area contributed by atoms with Crippen molar-refractivity contribution in [1.29, 1.82) is 0 Å². The third-order valence-electron chi connectivity index (χ3n) is 1.85. The molecule has 2 N–H and O–H groups in total. The van der Waals surface area contributed by atoms with Crippen molar-refractivity contribution in [3.05, 3.63) is 23.2 Å². The molecule has 0 atom stereocenters. The van der Waals surface area contributed by atoms with E-state index in [1.54, 1.807) is 0 Å². The number of halogens is 7. The zero-order valence-corrected chi connectivity index (χ0v) is 9.20. The highest BCUT2D eigenvalue weighted by Gasteiger charge is 2.59. The van der Waals surface area contributed by atoms with Gasteiger partial charge in [0.2, 0.25) is 0 Å². The molecule has 0 radical (unpaired) electrons. The fourth-order valence-corrected chi connectivity index (χ4v) is 1.23. The molecular formula is C9H6ClF6NO. The Bertz CT molecular complexity index is 416. The average molecular weight is 294 g/mol. The van der Waals surface area contributed by atoms with Crippen molar-refractivity contribution in [2.75, 3.05) is 5.73 Å². The van der Waals surface area contributed by atoms with Crippen LogP contribution in [0.3, 0.4) is 0 Å². The van der Waals surface area contributed by atoms with Crippen LogP contribution in [0.4, 0.5) is 32.0 Å². The molecule has 0 spiro atoms. The normalized spacial score (nSPS) is 12.9. The van der Waals surface area contributed by atoms with Gasteiger partial charge in [0.25, 0.3) is 6.10 Å². The number of benzene rings is 1. The van der Waals surface area contributed by atoms with E-state index in [0.717, 1.165) is 12.1 Å². The van der Waals surface area contributed by atoms with Gasteiger partial charge in [0.1, 0.15) is 5.75 Å². The van der Waals surface area contributed by atoms with Gasteiger partial charge in [0.15, 0.2) is 0 Å². The maximum atomic E-state index is 12.2. The average Bonchev–Trinajstić information content (AvgIpc) is 2.16. The van der Waals surface area contributed by atoms with E-state index in [1.807, 2.05) is 0 Å². The summed E-state index contributed by atoms with van der Waals surface area (Å²) in [5, 5.41) is -0.199. The lowest BCUT2D eigenvalue weighted by atomic mass is 10.2.